The zero-order chi connectivity index (χ0) is 14.8. The number of carbonyl (C=O) groups is 1. The molecule has 0 aliphatic carbocycles. The maximum Gasteiger partial charge on any atom is 0.255 e. The number of rotatable bonds is 2. The number of piperazine rings is 1. The zero-order valence-corrected chi connectivity index (χ0v) is 13.5. The van der Waals surface area contributed by atoms with Crippen molar-refractivity contribution in [3.8, 4) is 5.69 Å². The number of hydrogen-bond acceptors (Lipinski definition) is 5. The highest BCUT2D eigenvalue weighted by molar-refractivity contribution is 6.34. The quantitative estimate of drug-likeness (QED) is 0.886. The molecule has 1 saturated heterocycles. The molecule has 0 radical (unpaired) electrons. The van der Waals surface area contributed by atoms with Crippen molar-refractivity contribution >= 4 is 29.9 Å². The molecule has 1 fully saturated rings. The number of tetrazole rings is 1. The van der Waals surface area contributed by atoms with Crippen LogP contribution in [-0.2, 0) is 0 Å². The van der Waals surface area contributed by atoms with Crippen LogP contribution in [0, 0.1) is 0 Å². The predicted octanol–water partition coefficient (Wildman–Crippen LogP) is 1.17. The summed E-state index contributed by atoms with van der Waals surface area (Å²) in [7, 11) is 0. The first-order chi connectivity index (χ1) is 10.2. The molecule has 22 heavy (non-hydrogen) atoms. The van der Waals surface area contributed by atoms with Crippen molar-refractivity contribution in [3.63, 3.8) is 0 Å². The number of amides is 1. The Balaban J connectivity index is 0.00000176. The molecule has 1 amide bonds. The Morgan fingerprint density at radius 1 is 1.45 bits per heavy atom. The number of hydrogen-bond donors (Lipinski definition) is 1. The molecule has 1 aromatic carbocycles. The number of aromatic nitrogens is 4. The molecule has 7 nitrogen and oxygen atoms in total. The van der Waals surface area contributed by atoms with E-state index in [9.17, 15) is 4.79 Å². The van der Waals surface area contributed by atoms with Gasteiger partial charge in [0.05, 0.1) is 16.3 Å². The van der Waals surface area contributed by atoms with Crippen molar-refractivity contribution in [2.75, 3.05) is 19.6 Å². The Morgan fingerprint density at radius 2 is 2.27 bits per heavy atom. The van der Waals surface area contributed by atoms with Crippen LogP contribution in [0.2, 0.25) is 5.02 Å². The molecule has 1 aliphatic rings. The third-order valence-corrected chi connectivity index (χ3v) is 3.87. The summed E-state index contributed by atoms with van der Waals surface area (Å²) in [4.78, 5) is 14.4. The fourth-order valence-corrected chi connectivity index (χ4v) is 2.65. The third-order valence-electron chi connectivity index (χ3n) is 3.56. The Morgan fingerprint density at radius 3 is 2.91 bits per heavy atom. The van der Waals surface area contributed by atoms with E-state index < -0.39 is 0 Å². The third kappa shape index (κ3) is 3.21. The number of benzene rings is 1. The van der Waals surface area contributed by atoms with E-state index in [2.05, 4.69) is 20.8 Å². The summed E-state index contributed by atoms with van der Waals surface area (Å²) in [5.41, 5.74) is 1.22. The fraction of sp³-hybridized carbons (Fsp3) is 0.385. The highest BCUT2D eigenvalue weighted by Crippen LogP contribution is 2.22. The van der Waals surface area contributed by atoms with Gasteiger partial charge in [-0.15, -0.1) is 17.5 Å². The van der Waals surface area contributed by atoms with E-state index in [1.165, 1.54) is 11.0 Å². The van der Waals surface area contributed by atoms with E-state index in [4.69, 9.17) is 11.6 Å². The van der Waals surface area contributed by atoms with Crippen molar-refractivity contribution in [3.05, 3.63) is 35.1 Å². The van der Waals surface area contributed by atoms with Gasteiger partial charge in [-0.2, -0.15) is 0 Å². The largest absolute Gasteiger partial charge is 0.333 e. The summed E-state index contributed by atoms with van der Waals surface area (Å²) in [6.07, 6.45) is 1.48. The molecule has 0 bridgehead atoms. The molecular formula is C13H16Cl2N6O. The Hall–Kier alpha value is -1.70. The molecule has 1 aliphatic heterocycles. The SMILES string of the molecule is C[C@H]1CNCCN1C(=O)c1ccc(-n2cnnn2)cc1Cl.Cl. The lowest BCUT2D eigenvalue weighted by molar-refractivity contribution is 0.0656. The molecule has 1 aromatic heterocycles. The van der Waals surface area contributed by atoms with E-state index in [0.29, 0.717) is 17.1 Å². The van der Waals surface area contributed by atoms with Gasteiger partial charge >= 0.3 is 0 Å². The minimum Gasteiger partial charge on any atom is -0.333 e. The summed E-state index contributed by atoms with van der Waals surface area (Å²) >= 11 is 6.26. The van der Waals surface area contributed by atoms with Crippen LogP contribution in [-0.4, -0.2) is 56.7 Å². The highest BCUT2D eigenvalue weighted by Gasteiger charge is 2.25. The smallest absolute Gasteiger partial charge is 0.255 e. The molecule has 2 heterocycles. The van der Waals surface area contributed by atoms with Crippen molar-refractivity contribution in [2.45, 2.75) is 13.0 Å². The van der Waals surface area contributed by atoms with Gasteiger partial charge in [0.25, 0.3) is 5.91 Å². The van der Waals surface area contributed by atoms with Crippen LogP contribution >= 0.6 is 24.0 Å². The van der Waals surface area contributed by atoms with E-state index in [-0.39, 0.29) is 24.4 Å². The van der Waals surface area contributed by atoms with Crippen LogP contribution in [0.25, 0.3) is 5.69 Å². The van der Waals surface area contributed by atoms with Gasteiger partial charge in [0.2, 0.25) is 0 Å². The van der Waals surface area contributed by atoms with Gasteiger partial charge in [0.15, 0.2) is 0 Å². The number of nitrogens with zero attached hydrogens (tertiary/aromatic N) is 5. The number of nitrogens with one attached hydrogen (secondary N) is 1. The Kier molecular flexibility index (Phi) is 5.33. The van der Waals surface area contributed by atoms with Crippen molar-refractivity contribution in [1.82, 2.24) is 30.4 Å². The second kappa shape index (κ2) is 7.04. The van der Waals surface area contributed by atoms with Gasteiger partial charge in [-0.1, -0.05) is 11.6 Å². The topological polar surface area (TPSA) is 75.9 Å². The average molecular weight is 343 g/mol. The predicted molar refractivity (Wildman–Crippen MR) is 84.8 cm³/mol. The molecule has 1 N–H and O–H groups in total. The van der Waals surface area contributed by atoms with Gasteiger partial charge in [-0.25, -0.2) is 4.68 Å². The molecule has 118 valence electrons. The number of carbonyl (C=O) groups excluding carboxylic acids is 1. The second-order valence-corrected chi connectivity index (χ2v) is 5.38. The van der Waals surface area contributed by atoms with E-state index in [1.54, 1.807) is 18.2 Å². The van der Waals surface area contributed by atoms with Crippen molar-refractivity contribution in [2.24, 2.45) is 0 Å². The Bertz CT molecular complexity index is 648. The first kappa shape index (κ1) is 16.7. The lowest BCUT2D eigenvalue weighted by Gasteiger charge is -2.34. The van der Waals surface area contributed by atoms with Crippen molar-refractivity contribution in [1.29, 1.82) is 0 Å². The summed E-state index contributed by atoms with van der Waals surface area (Å²) in [6, 6.07) is 5.35. The summed E-state index contributed by atoms with van der Waals surface area (Å²) in [5.74, 6) is -0.0442. The monoisotopic (exact) mass is 342 g/mol. The maximum absolute atomic E-state index is 12.6. The molecule has 3 rings (SSSR count). The van der Waals surface area contributed by atoms with Gasteiger partial charge in [0.1, 0.15) is 6.33 Å². The lowest BCUT2D eigenvalue weighted by Crippen LogP contribution is -2.52. The molecule has 0 spiro atoms. The van der Waals surface area contributed by atoms with Crippen LogP contribution in [0.1, 0.15) is 17.3 Å². The molecule has 2 aromatic rings. The minimum atomic E-state index is -0.0442. The van der Waals surface area contributed by atoms with Crippen LogP contribution in [0.15, 0.2) is 24.5 Å². The summed E-state index contributed by atoms with van der Waals surface area (Å²) < 4.78 is 1.49. The molecule has 0 saturated carbocycles. The molecule has 0 unspecified atom stereocenters. The molecular weight excluding hydrogens is 327 g/mol. The first-order valence-electron chi connectivity index (χ1n) is 6.71. The normalized spacial score (nSPS) is 17.9. The van der Waals surface area contributed by atoms with Gasteiger partial charge in [-0.05, 0) is 35.5 Å². The van der Waals surface area contributed by atoms with Crippen LogP contribution in [0.5, 0.6) is 0 Å². The summed E-state index contributed by atoms with van der Waals surface area (Å²) in [6.45, 7) is 4.31. The standard InChI is InChI=1S/C13H15ClN6O.ClH/c1-9-7-15-4-5-19(9)13(21)11-3-2-10(6-12(11)14)20-8-16-17-18-20;/h2-3,6,8-9,15H,4-5,7H2,1H3;1H/t9-;/m0./s1. The van der Waals surface area contributed by atoms with Gasteiger partial charge in [0, 0.05) is 25.7 Å². The fourth-order valence-electron chi connectivity index (χ4n) is 2.40. The Labute approximate surface area is 139 Å². The van der Waals surface area contributed by atoms with E-state index >= 15 is 0 Å². The average Bonchev–Trinajstić information content (AvgIpc) is 3.01. The van der Waals surface area contributed by atoms with Crippen molar-refractivity contribution < 1.29 is 4.79 Å². The van der Waals surface area contributed by atoms with E-state index in [1.807, 2.05) is 11.8 Å². The van der Waals surface area contributed by atoms with Crippen LogP contribution in [0.4, 0.5) is 0 Å². The first-order valence-corrected chi connectivity index (χ1v) is 7.09. The lowest BCUT2D eigenvalue weighted by atomic mass is 10.1. The maximum atomic E-state index is 12.6. The minimum absolute atomic E-state index is 0. The van der Waals surface area contributed by atoms with Crippen LogP contribution in [0.3, 0.4) is 0 Å². The zero-order valence-electron chi connectivity index (χ0n) is 11.9. The summed E-state index contributed by atoms with van der Waals surface area (Å²) in [5, 5.41) is 14.6. The molecule has 9 heteroatoms. The van der Waals surface area contributed by atoms with E-state index in [0.717, 1.165) is 18.8 Å². The van der Waals surface area contributed by atoms with Crippen LogP contribution < -0.4 is 5.32 Å². The second-order valence-electron chi connectivity index (χ2n) is 4.97. The van der Waals surface area contributed by atoms with Gasteiger partial charge in [-0.3, -0.25) is 4.79 Å². The number of halogens is 2. The van der Waals surface area contributed by atoms with Gasteiger partial charge < -0.3 is 10.2 Å². The highest BCUT2D eigenvalue weighted by atomic mass is 35.5. The molecule has 1 atom stereocenters.